The molecule has 7 heteroatoms. The summed E-state index contributed by atoms with van der Waals surface area (Å²) in [6, 6.07) is 20.2. The van der Waals surface area contributed by atoms with Gasteiger partial charge in [-0.05, 0) is 61.7 Å². The standard InChI is InChI=1S/C31H33NO6/c1-19(2)18-37-26-11-6-8-22(16-26)29(33)27-28(21-12-14-24(15-13-21)38-20(3)4)32(31(35)30(27)34)23-9-7-10-25(17-23)36-5/h6-17,19-20,28,33H,18H2,1-5H3/b29-27+. The van der Waals surface area contributed by atoms with Crippen molar-refractivity contribution in [2.75, 3.05) is 18.6 Å². The maximum Gasteiger partial charge on any atom is 0.300 e. The minimum Gasteiger partial charge on any atom is -0.507 e. The maximum atomic E-state index is 13.5. The molecule has 7 nitrogen and oxygen atoms in total. The Bertz CT molecular complexity index is 1340. The van der Waals surface area contributed by atoms with Crippen molar-refractivity contribution in [1.82, 2.24) is 0 Å². The highest BCUT2D eigenvalue weighted by molar-refractivity contribution is 6.51. The zero-order valence-electron chi connectivity index (χ0n) is 22.3. The lowest BCUT2D eigenvalue weighted by Gasteiger charge is -2.26. The van der Waals surface area contributed by atoms with Crippen molar-refractivity contribution >= 4 is 23.1 Å². The summed E-state index contributed by atoms with van der Waals surface area (Å²) in [6.45, 7) is 8.47. The van der Waals surface area contributed by atoms with Crippen LogP contribution in [0.2, 0.25) is 0 Å². The van der Waals surface area contributed by atoms with Crippen LogP contribution in [0.5, 0.6) is 17.2 Å². The molecule has 38 heavy (non-hydrogen) atoms. The van der Waals surface area contributed by atoms with Crippen LogP contribution < -0.4 is 19.1 Å². The van der Waals surface area contributed by atoms with Gasteiger partial charge in [0, 0.05) is 17.3 Å². The molecule has 1 heterocycles. The summed E-state index contributed by atoms with van der Waals surface area (Å²) in [7, 11) is 1.53. The van der Waals surface area contributed by atoms with E-state index in [4.69, 9.17) is 14.2 Å². The lowest BCUT2D eigenvalue weighted by Crippen LogP contribution is -2.29. The molecule has 3 aromatic carbocycles. The first kappa shape index (κ1) is 26.8. The fourth-order valence-corrected chi connectivity index (χ4v) is 4.33. The number of Topliss-reactive ketones (excluding diaryl/α,β-unsaturated/α-hetero) is 1. The third-order valence-electron chi connectivity index (χ3n) is 6.03. The molecular weight excluding hydrogens is 482 g/mol. The Balaban J connectivity index is 1.85. The highest BCUT2D eigenvalue weighted by Crippen LogP contribution is 2.43. The number of rotatable bonds is 9. The van der Waals surface area contributed by atoms with Crippen LogP contribution in [0.15, 0.2) is 78.4 Å². The molecule has 0 aliphatic carbocycles. The Labute approximate surface area is 223 Å². The van der Waals surface area contributed by atoms with E-state index >= 15 is 0 Å². The molecule has 0 radical (unpaired) electrons. The quantitative estimate of drug-likeness (QED) is 0.209. The van der Waals surface area contributed by atoms with Crippen LogP contribution in [0.25, 0.3) is 5.76 Å². The van der Waals surface area contributed by atoms with Crippen molar-refractivity contribution in [3.05, 3.63) is 89.5 Å². The van der Waals surface area contributed by atoms with Crippen molar-refractivity contribution in [2.45, 2.75) is 39.8 Å². The number of methoxy groups -OCH3 is 1. The van der Waals surface area contributed by atoms with E-state index < -0.39 is 17.7 Å². The number of ether oxygens (including phenoxy) is 3. The summed E-state index contributed by atoms with van der Waals surface area (Å²) in [5.41, 5.74) is 1.51. The molecule has 0 saturated carbocycles. The predicted molar refractivity (Wildman–Crippen MR) is 147 cm³/mol. The minimum absolute atomic E-state index is 0.00337. The van der Waals surface area contributed by atoms with Crippen molar-refractivity contribution in [3.63, 3.8) is 0 Å². The van der Waals surface area contributed by atoms with Gasteiger partial charge in [-0.25, -0.2) is 0 Å². The highest BCUT2D eigenvalue weighted by Gasteiger charge is 2.47. The van der Waals surface area contributed by atoms with Gasteiger partial charge in [0.2, 0.25) is 0 Å². The van der Waals surface area contributed by atoms with E-state index in [1.165, 1.54) is 12.0 Å². The number of nitrogens with zero attached hydrogens (tertiary/aromatic N) is 1. The summed E-state index contributed by atoms with van der Waals surface area (Å²) in [6.07, 6.45) is -0.00606. The summed E-state index contributed by atoms with van der Waals surface area (Å²) in [5, 5.41) is 11.5. The number of carbonyl (C=O) groups excluding carboxylic acids is 2. The Morgan fingerprint density at radius 3 is 2.24 bits per heavy atom. The lowest BCUT2D eigenvalue weighted by molar-refractivity contribution is -0.132. The average Bonchev–Trinajstić information content (AvgIpc) is 3.17. The molecule has 4 rings (SSSR count). The average molecular weight is 516 g/mol. The van der Waals surface area contributed by atoms with E-state index in [0.29, 0.717) is 46.6 Å². The van der Waals surface area contributed by atoms with Gasteiger partial charge in [0.1, 0.15) is 23.0 Å². The Morgan fingerprint density at radius 2 is 1.58 bits per heavy atom. The number of aliphatic hydroxyl groups excluding tert-OH is 1. The van der Waals surface area contributed by atoms with Crippen molar-refractivity contribution < 1.29 is 28.9 Å². The van der Waals surface area contributed by atoms with E-state index in [9.17, 15) is 14.7 Å². The number of carbonyl (C=O) groups is 2. The van der Waals surface area contributed by atoms with E-state index in [1.807, 2.05) is 27.7 Å². The number of hydrogen-bond donors (Lipinski definition) is 1. The van der Waals surface area contributed by atoms with Crippen LogP contribution in [0.1, 0.15) is 44.9 Å². The summed E-state index contributed by atoms with van der Waals surface area (Å²) in [5.74, 6) is 0.317. The van der Waals surface area contributed by atoms with Gasteiger partial charge in [-0.2, -0.15) is 0 Å². The van der Waals surface area contributed by atoms with Crippen LogP contribution >= 0.6 is 0 Å². The van der Waals surface area contributed by atoms with E-state index in [2.05, 4.69) is 0 Å². The fraction of sp³-hybridized carbons (Fsp3) is 0.290. The van der Waals surface area contributed by atoms with Gasteiger partial charge in [-0.3, -0.25) is 14.5 Å². The fourth-order valence-electron chi connectivity index (χ4n) is 4.33. The van der Waals surface area contributed by atoms with Gasteiger partial charge < -0.3 is 19.3 Å². The Kier molecular flexibility index (Phi) is 8.05. The molecule has 1 unspecified atom stereocenters. The smallest absolute Gasteiger partial charge is 0.300 e. The zero-order chi connectivity index (χ0) is 27.4. The Morgan fingerprint density at radius 1 is 0.895 bits per heavy atom. The molecule has 0 aromatic heterocycles. The maximum absolute atomic E-state index is 13.5. The first-order chi connectivity index (χ1) is 18.2. The van der Waals surface area contributed by atoms with Crippen LogP contribution in [0.3, 0.4) is 0 Å². The third-order valence-corrected chi connectivity index (χ3v) is 6.03. The molecular formula is C31H33NO6. The van der Waals surface area contributed by atoms with Crippen molar-refractivity contribution in [2.24, 2.45) is 5.92 Å². The molecule has 1 amide bonds. The second-order valence-electron chi connectivity index (χ2n) is 9.84. The monoisotopic (exact) mass is 515 g/mol. The van der Waals surface area contributed by atoms with Crippen LogP contribution in [-0.2, 0) is 9.59 Å². The van der Waals surface area contributed by atoms with Gasteiger partial charge in [0.05, 0.1) is 31.4 Å². The molecule has 1 fully saturated rings. The van der Waals surface area contributed by atoms with E-state index in [-0.39, 0.29) is 17.4 Å². The second-order valence-corrected chi connectivity index (χ2v) is 9.84. The number of ketones is 1. The molecule has 1 aliphatic rings. The zero-order valence-corrected chi connectivity index (χ0v) is 22.3. The van der Waals surface area contributed by atoms with E-state index in [0.717, 1.165) is 0 Å². The largest absolute Gasteiger partial charge is 0.507 e. The minimum atomic E-state index is -0.865. The molecule has 0 bridgehead atoms. The third kappa shape index (κ3) is 5.67. The molecule has 1 aliphatic heterocycles. The SMILES string of the molecule is COc1cccc(N2C(=O)C(=O)/C(=C(/O)c3cccc(OCC(C)C)c3)C2c2ccc(OC(C)C)cc2)c1. The molecule has 198 valence electrons. The summed E-state index contributed by atoms with van der Waals surface area (Å²) in [4.78, 5) is 28.3. The second kappa shape index (κ2) is 11.4. The molecule has 1 atom stereocenters. The summed E-state index contributed by atoms with van der Waals surface area (Å²) >= 11 is 0. The predicted octanol–water partition coefficient (Wildman–Crippen LogP) is 6.14. The normalized spacial score (nSPS) is 16.8. The number of hydrogen-bond acceptors (Lipinski definition) is 6. The summed E-state index contributed by atoms with van der Waals surface area (Å²) < 4.78 is 16.9. The van der Waals surface area contributed by atoms with Crippen molar-refractivity contribution in [3.8, 4) is 17.2 Å². The van der Waals surface area contributed by atoms with Crippen molar-refractivity contribution in [1.29, 1.82) is 0 Å². The van der Waals surface area contributed by atoms with Crippen LogP contribution in [0, 0.1) is 5.92 Å². The van der Waals surface area contributed by atoms with Gasteiger partial charge in [0.15, 0.2) is 0 Å². The first-order valence-corrected chi connectivity index (χ1v) is 12.6. The number of anilines is 1. The number of aliphatic hydroxyl groups is 1. The first-order valence-electron chi connectivity index (χ1n) is 12.6. The van der Waals surface area contributed by atoms with E-state index in [1.54, 1.807) is 72.8 Å². The molecule has 1 saturated heterocycles. The number of benzene rings is 3. The number of amides is 1. The van der Waals surface area contributed by atoms with Gasteiger partial charge >= 0.3 is 0 Å². The Hall–Kier alpha value is -4.26. The van der Waals surface area contributed by atoms with Gasteiger partial charge in [-0.15, -0.1) is 0 Å². The molecule has 3 aromatic rings. The highest BCUT2D eigenvalue weighted by atomic mass is 16.5. The van der Waals surface area contributed by atoms with Crippen LogP contribution in [-0.4, -0.2) is 36.6 Å². The topological polar surface area (TPSA) is 85.3 Å². The lowest BCUT2D eigenvalue weighted by atomic mass is 9.95. The van der Waals surface area contributed by atoms with Crippen LogP contribution in [0.4, 0.5) is 5.69 Å². The van der Waals surface area contributed by atoms with Gasteiger partial charge in [-0.1, -0.05) is 44.2 Å². The molecule has 1 N–H and O–H groups in total. The van der Waals surface area contributed by atoms with Gasteiger partial charge in [0.25, 0.3) is 11.7 Å². The molecule has 0 spiro atoms.